The molecule has 1 N–H and O–H groups in total. The van der Waals surface area contributed by atoms with Crippen molar-refractivity contribution in [2.24, 2.45) is 5.92 Å². The molecule has 0 heterocycles. The molecule has 0 aliphatic rings. The number of hydrogen-bond acceptors (Lipinski definition) is 6. The molecule has 7 nitrogen and oxygen atoms in total. The smallest absolute Gasteiger partial charge is 0.335 e. The Hall–Kier alpha value is -3.19. The van der Waals surface area contributed by atoms with Crippen LogP contribution in [0.4, 0.5) is 0 Å². The van der Waals surface area contributed by atoms with Crippen LogP contribution in [0.1, 0.15) is 59.9 Å². The zero-order chi connectivity index (χ0) is 27.6. The Morgan fingerprint density at radius 3 is 1.92 bits per heavy atom. The van der Waals surface area contributed by atoms with Gasteiger partial charge in [-0.1, -0.05) is 54.6 Å². The van der Waals surface area contributed by atoms with Gasteiger partial charge in [0.1, 0.15) is 11.2 Å². The molecule has 0 saturated carbocycles. The van der Waals surface area contributed by atoms with Crippen LogP contribution in [-0.2, 0) is 35.0 Å². The zero-order valence-electron chi connectivity index (χ0n) is 23.1. The molecular weight excluding hydrogens is 470 g/mol. The van der Waals surface area contributed by atoms with Crippen LogP contribution in [0.3, 0.4) is 0 Å². The second-order valence-corrected chi connectivity index (χ2v) is 11.1. The van der Waals surface area contributed by atoms with Gasteiger partial charge in [-0.15, -0.1) is 0 Å². The molecule has 0 radical (unpaired) electrons. The van der Waals surface area contributed by atoms with Gasteiger partial charge in [-0.05, 0) is 71.1 Å². The van der Waals surface area contributed by atoms with Gasteiger partial charge in [0.25, 0.3) is 0 Å². The van der Waals surface area contributed by atoms with E-state index < -0.39 is 29.2 Å². The molecule has 0 fully saturated rings. The summed E-state index contributed by atoms with van der Waals surface area (Å²) in [5, 5.41) is 2.83. The first kappa shape index (κ1) is 30.0. The van der Waals surface area contributed by atoms with E-state index in [1.165, 1.54) is 7.11 Å². The number of amides is 1. The van der Waals surface area contributed by atoms with Crippen molar-refractivity contribution >= 4 is 17.8 Å². The Morgan fingerprint density at radius 1 is 0.811 bits per heavy atom. The van der Waals surface area contributed by atoms with Gasteiger partial charge in [0, 0.05) is 19.6 Å². The van der Waals surface area contributed by atoms with Gasteiger partial charge >= 0.3 is 11.9 Å². The van der Waals surface area contributed by atoms with E-state index in [-0.39, 0.29) is 31.3 Å². The summed E-state index contributed by atoms with van der Waals surface area (Å²) in [6, 6.07) is 18.0. The van der Waals surface area contributed by atoms with Gasteiger partial charge in [-0.2, -0.15) is 0 Å². The Balaban J connectivity index is 2.14. The fourth-order valence-electron chi connectivity index (χ4n) is 3.77. The number of nitrogens with one attached hydrogen (secondary N) is 1. The van der Waals surface area contributed by atoms with Crippen LogP contribution in [0.15, 0.2) is 54.6 Å². The SMILES string of the molecule is CO[C@@H](C[C@@H](Cc1ccc(-c2ccccc2)cc1)C(=O)NCCC(=O)OC(C)(C)C)C(=O)OC(C)(C)C. The van der Waals surface area contributed by atoms with Crippen LogP contribution >= 0.6 is 0 Å². The summed E-state index contributed by atoms with van der Waals surface area (Å²) in [5.41, 5.74) is 1.87. The van der Waals surface area contributed by atoms with Gasteiger partial charge < -0.3 is 19.5 Å². The van der Waals surface area contributed by atoms with Crippen molar-refractivity contribution in [3.8, 4) is 11.1 Å². The molecule has 1 amide bonds. The first-order valence-corrected chi connectivity index (χ1v) is 12.7. The highest BCUT2D eigenvalue weighted by Crippen LogP contribution is 2.23. The van der Waals surface area contributed by atoms with Crippen molar-refractivity contribution < 1.29 is 28.6 Å². The fraction of sp³-hybridized carbons (Fsp3) is 0.500. The quantitative estimate of drug-likeness (QED) is 0.422. The Bertz CT molecular complexity index is 1020. The average Bonchev–Trinajstić information content (AvgIpc) is 2.80. The lowest BCUT2D eigenvalue weighted by atomic mass is 9.91. The minimum atomic E-state index is -0.899. The van der Waals surface area contributed by atoms with Crippen LogP contribution in [0.25, 0.3) is 11.1 Å². The highest BCUT2D eigenvalue weighted by Gasteiger charge is 2.31. The molecule has 37 heavy (non-hydrogen) atoms. The van der Waals surface area contributed by atoms with Crippen molar-refractivity contribution in [3.63, 3.8) is 0 Å². The predicted octanol–water partition coefficient (Wildman–Crippen LogP) is 5.11. The fourth-order valence-corrected chi connectivity index (χ4v) is 3.77. The van der Waals surface area contributed by atoms with E-state index >= 15 is 0 Å². The molecular formula is C30H41NO6. The van der Waals surface area contributed by atoms with E-state index in [0.29, 0.717) is 6.42 Å². The molecule has 2 aromatic rings. The molecule has 0 aromatic heterocycles. The second kappa shape index (κ2) is 13.4. The lowest BCUT2D eigenvalue weighted by Gasteiger charge is -2.26. The maximum atomic E-state index is 13.2. The molecule has 0 aliphatic heterocycles. The Morgan fingerprint density at radius 2 is 1.38 bits per heavy atom. The van der Waals surface area contributed by atoms with E-state index in [4.69, 9.17) is 14.2 Å². The van der Waals surface area contributed by atoms with E-state index in [2.05, 4.69) is 5.32 Å². The van der Waals surface area contributed by atoms with Gasteiger partial charge in [0.05, 0.1) is 6.42 Å². The van der Waals surface area contributed by atoms with Crippen molar-refractivity contribution in [1.29, 1.82) is 0 Å². The van der Waals surface area contributed by atoms with Gasteiger partial charge in [0.2, 0.25) is 5.91 Å². The van der Waals surface area contributed by atoms with Crippen LogP contribution in [-0.4, -0.2) is 48.8 Å². The Labute approximate surface area is 220 Å². The molecule has 0 saturated heterocycles. The number of ether oxygens (including phenoxy) is 3. The van der Waals surface area contributed by atoms with Crippen molar-refractivity contribution in [2.75, 3.05) is 13.7 Å². The van der Waals surface area contributed by atoms with E-state index in [9.17, 15) is 14.4 Å². The van der Waals surface area contributed by atoms with E-state index in [1.807, 2.05) is 54.6 Å². The second-order valence-electron chi connectivity index (χ2n) is 11.1. The van der Waals surface area contributed by atoms with Crippen molar-refractivity contribution in [2.45, 2.75) is 78.1 Å². The molecule has 0 aliphatic carbocycles. The van der Waals surface area contributed by atoms with Crippen LogP contribution in [0, 0.1) is 5.92 Å². The number of methoxy groups -OCH3 is 1. The molecule has 0 spiro atoms. The number of hydrogen-bond donors (Lipinski definition) is 1. The molecule has 2 aromatic carbocycles. The third-order valence-corrected chi connectivity index (χ3v) is 5.42. The third-order valence-electron chi connectivity index (χ3n) is 5.42. The molecule has 0 bridgehead atoms. The summed E-state index contributed by atoms with van der Waals surface area (Å²) in [6.45, 7) is 10.9. The first-order valence-electron chi connectivity index (χ1n) is 12.7. The van der Waals surface area contributed by atoms with Gasteiger partial charge in [-0.25, -0.2) is 4.79 Å². The standard InChI is InChI=1S/C30H41NO6/c1-29(2,3)36-26(32)17-18-31-27(33)24(20-25(35-7)28(34)37-30(4,5)6)19-21-13-15-23(16-14-21)22-11-9-8-10-12-22/h8-16,24-25H,17-20H2,1-7H3,(H,31,33)/t24-,25+/m1/s1. The lowest BCUT2D eigenvalue weighted by molar-refractivity contribution is -0.168. The zero-order valence-corrected chi connectivity index (χ0v) is 23.1. The highest BCUT2D eigenvalue weighted by molar-refractivity contribution is 5.82. The Kier molecular flexibility index (Phi) is 10.9. The maximum absolute atomic E-state index is 13.2. The van der Waals surface area contributed by atoms with Crippen LogP contribution < -0.4 is 5.32 Å². The summed E-state index contributed by atoms with van der Waals surface area (Å²) in [6.07, 6.45) is -0.300. The van der Waals surface area contributed by atoms with Crippen LogP contribution in [0.2, 0.25) is 0 Å². The lowest BCUT2D eigenvalue weighted by Crippen LogP contribution is -2.39. The average molecular weight is 512 g/mol. The molecule has 202 valence electrons. The topological polar surface area (TPSA) is 90.9 Å². The molecule has 2 rings (SSSR count). The predicted molar refractivity (Wildman–Crippen MR) is 144 cm³/mol. The van der Waals surface area contributed by atoms with Gasteiger partial charge in [0.15, 0.2) is 6.10 Å². The summed E-state index contributed by atoms with van der Waals surface area (Å²) >= 11 is 0. The minimum absolute atomic E-state index is 0.0568. The van der Waals surface area contributed by atoms with Crippen molar-refractivity contribution in [1.82, 2.24) is 5.32 Å². The number of carbonyl (C=O) groups is 3. The maximum Gasteiger partial charge on any atom is 0.335 e. The van der Waals surface area contributed by atoms with E-state index in [1.54, 1.807) is 41.5 Å². The summed E-state index contributed by atoms with van der Waals surface area (Å²) in [5.74, 6) is -1.73. The molecule has 0 unspecified atom stereocenters. The van der Waals surface area contributed by atoms with E-state index in [0.717, 1.165) is 16.7 Å². The minimum Gasteiger partial charge on any atom is -0.460 e. The number of benzene rings is 2. The number of esters is 2. The number of carbonyl (C=O) groups excluding carboxylic acids is 3. The summed E-state index contributed by atoms with van der Waals surface area (Å²) in [7, 11) is 1.43. The monoisotopic (exact) mass is 511 g/mol. The molecule has 7 heteroatoms. The first-order chi connectivity index (χ1) is 17.3. The largest absolute Gasteiger partial charge is 0.460 e. The third kappa shape index (κ3) is 11.2. The number of rotatable bonds is 11. The molecule has 2 atom stereocenters. The highest BCUT2D eigenvalue weighted by atomic mass is 16.6. The summed E-state index contributed by atoms with van der Waals surface area (Å²) < 4.78 is 16.2. The van der Waals surface area contributed by atoms with Crippen LogP contribution in [0.5, 0.6) is 0 Å². The van der Waals surface area contributed by atoms with Gasteiger partial charge in [-0.3, -0.25) is 9.59 Å². The van der Waals surface area contributed by atoms with Crippen molar-refractivity contribution in [3.05, 3.63) is 60.2 Å². The normalized spacial score (nSPS) is 13.4. The summed E-state index contributed by atoms with van der Waals surface area (Å²) in [4.78, 5) is 37.9.